The minimum atomic E-state index is -0.900. The number of nitrogens with zero attached hydrogens (tertiary/aromatic N) is 1. The summed E-state index contributed by atoms with van der Waals surface area (Å²) >= 11 is 0. The van der Waals surface area contributed by atoms with Gasteiger partial charge in [0.05, 0.1) is 6.07 Å². The third-order valence-corrected chi connectivity index (χ3v) is 1.86. The van der Waals surface area contributed by atoms with Gasteiger partial charge in [-0.1, -0.05) is 13.0 Å². The molecule has 66 valence electrons. The van der Waals surface area contributed by atoms with Crippen molar-refractivity contribution in [1.82, 2.24) is 5.32 Å². The van der Waals surface area contributed by atoms with Crippen LogP contribution < -0.4 is 5.32 Å². The van der Waals surface area contributed by atoms with E-state index >= 15 is 0 Å². The highest BCUT2D eigenvalue weighted by atomic mass is 16.2. The van der Waals surface area contributed by atoms with Crippen LogP contribution in [0.5, 0.6) is 0 Å². The van der Waals surface area contributed by atoms with Crippen molar-refractivity contribution in [1.29, 1.82) is 5.26 Å². The Balaban J connectivity index is 4.24. The van der Waals surface area contributed by atoms with Crippen molar-refractivity contribution in [3.63, 3.8) is 0 Å². The number of rotatable bonds is 4. The lowest BCUT2D eigenvalue weighted by molar-refractivity contribution is -0.127. The van der Waals surface area contributed by atoms with Gasteiger partial charge in [-0.3, -0.25) is 4.79 Å². The highest BCUT2D eigenvalue weighted by Gasteiger charge is 2.30. The van der Waals surface area contributed by atoms with Crippen molar-refractivity contribution in [3.8, 4) is 6.07 Å². The van der Waals surface area contributed by atoms with E-state index in [9.17, 15) is 4.79 Å². The van der Waals surface area contributed by atoms with Crippen molar-refractivity contribution < 1.29 is 4.79 Å². The van der Waals surface area contributed by atoms with E-state index in [4.69, 9.17) is 5.26 Å². The fraction of sp³-hybridized carbons (Fsp3) is 0.556. The molecule has 1 unspecified atom stereocenters. The van der Waals surface area contributed by atoms with Crippen molar-refractivity contribution >= 4 is 5.91 Å². The summed E-state index contributed by atoms with van der Waals surface area (Å²) in [6, 6.07) is 1.99. The summed E-state index contributed by atoms with van der Waals surface area (Å²) in [5, 5.41) is 11.3. The maximum absolute atomic E-state index is 11.3. The molecule has 0 aromatic heterocycles. The molecule has 0 aliphatic heterocycles. The second kappa shape index (κ2) is 4.55. The molecular weight excluding hydrogens is 152 g/mol. The van der Waals surface area contributed by atoms with Gasteiger partial charge >= 0.3 is 0 Å². The van der Waals surface area contributed by atoms with Crippen LogP contribution in [0.2, 0.25) is 0 Å². The normalized spacial score (nSPS) is 14.1. The van der Waals surface area contributed by atoms with E-state index < -0.39 is 5.41 Å². The highest BCUT2D eigenvalue weighted by Crippen LogP contribution is 2.19. The Morgan fingerprint density at radius 3 is 2.75 bits per heavy atom. The van der Waals surface area contributed by atoms with Crippen LogP contribution in [-0.2, 0) is 4.79 Å². The molecule has 0 rings (SSSR count). The van der Waals surface area contributed by atoms with Crippen molar-refractivity contribution in [3.05, 3.63) is 12.7 Å². The van der Waals surface area contributed by atoms with Gasteiger partial charge in [-0.25, -0.2) is 0 Å². The van der Waals surface area contributed by atoms with Gasteiger partial charge in [-0.05, 0) is 13.3 Å². The molecule has 1 N–H and O–H groups in total. The van der Waals surface area contributed by atoms with E-state index in [0.717, 1.165) is 0 Å². The lowest BCUT2D eigenvalue weighted by Crippen LogP contribution is -2.37. The molecule has 3 heteroatoms. The largest absolute Gasteiger partial charge is 0.351 e. The topological polar surface area (TPSA) is 52.9 Å². The molecule has 0 bridgehead atoms. The van der Waals surface area contributed by atoms with Gasteiger partial charge in [0.15, 0.2) is 0 Å². The summed E-state index contributed by atoms with van der Waals surface area (Å²) in [6.07, 6.45) is 2.11. The summed E-state index contributed by atoms with van der Waals surface area (Å²) in [5.41, 5.74) is -0.900. The van der Waals surface area contributed by atoms with Crippen LogP contribution >= 0.6 is 0 Å². The van der Waals surface area contributed by atoms with Crippen LogP contribution in [0.25, 0.3) is 0 Å². The zero-order chi connectivity index (χ0) is 9.61. The fourth-order valence-electron chi connectivity index (χ4n) is 0.650. The third kappa shape index (κ3) is 2.39. The molecule has 0 radical (unpaired) electrons. The van der Waals surface area contributed by atoms with Gasteiger partial charge in [-0.15, -0.1) is 6.58 Å². The molecule has 0 fully saturated rings. The smallest absolute Gasteiger partial charge is 0.240 e. The van der Waals surface area contributed by atoms with Crippen molar-refractivity contribution in [2.24, 2.45) is 5.41 Å². The predicted molar refractivity (Wildman–Crippen MR) is 47.2 cm³/mol. The predicted octanol–water partition coefficient (Wildman–Crippen LogP) is 1.23. The molecule has 0 saturated heterocycles. The number of amides is 1. The first-order chi connectivity index (χ1) is 5.60. The summed E-state index contributed by atoms with van der Waals surface area (Å²) in [7, 11) is 0. The maximum Gasteiger partial charge on any atom is 0.240 e. The van der Waals surface area contributed by atoms with E-state index in [2.05, 4.69) is 11.9 Å². The molecular formula is C9H14N2O. The summed E-state index contributed by atoms with van der Waals surface area (Å²) in [6.45, 7) is 7.33. The van der Waals surface area contributed by atoms with Crippen molar-refractivity contribution in [2.45, 2.75) is 20.3 Å². The molecule has 0 aromatic carbocycles. The van der Waals surface area contributed by atoms with Crippen LogP contribution in [0.15, 0.2) is 12.7 Å². The SMILES string of the molecule is C=CCNC(=O)C(C)(C#N)CC. The van der Waals surface area contributed by atoms with E-state index in [0.29, 0.717) is 13.0 Å². The zero-order valence-corrected chi connectivity index (χ0v) is 7.55. The molecule has 1 amide bonds. The molecule has 0 aliphatic carbocycles. The lowest BCUT2D eigenvalue weighted by atomic mass is 9.88. The third-order valence-electron chi connectivity index (χ3n) is 1.86. The van der Waals surface area contributed by atoms with Crippen LogP contribution in [0.1, 0.15) is 20.3 Å². The van der Waals surface area contributed by atoms with E-state index in [1.54, 1.807) is 13.0 Å². The zero-order valence-electron chi connectivity index (χ0n) is 7.55. The molecule has 0 aliphatic rings. The number of carbonyl (C=O) groups is 1. The average molecular weight is 166 g/mol. The summed E-state index contributed by atoms with van der Waals surface area (Å²) in [4.78, 5) is 11.3. The van der Waals surface area contributed by atoms with Gasteiger partial charge in [0.1, 0.15) is 5.41 Å². The number of hydrogen-bond donors (Lipinski definition) is 1. The summed E-state index contributed by atoms with van der Waals surface area (Å²) in [5.74, 6) is -0.229. The first kappa shape index (κ1) is 10.7. The van der Waals surface area contributed by atoms with Crippen LogP contribution in [0.4, 0.5) is 0 Å². The van der Waals surface area contributed by atoms with Crippen LogP contribution in [-0.4, -0.2) is 12.5 Å². The Morgan fingerprint density at radius 2 is 2.42 bits per heavy atom. The number of nitriles is 1. The Kier molecular flexibility index (Phi) is 4.06. The quantitative estimate of drug-likeness (QED) is 0.638. The minimum Gasteiger partial charge on any atom is -0.351 e. The van der Waals surface area contributed by atoms with E-state index in [-0.39, 0.29) is 5.91 Å². The van der Waals surface area contributed by atoms with Crippen LogP contribution in [0, 0.1) is 16.7 Å². The van der Waals surface area contributed by atoms with Gasteiger partial charge in [0.25, 0.3) is 0 Å². The standard InChI is InChI=1S/C9H14N2O/c1-4-6-11-8(12)9(3,5-2)7-10/h4H,1,5-6H2,2-3H3,(H,11,12). The lowest BCUT2D eigenvalue weighted by Gasteiger charge is -2.17. The molecule has 1 atom stereocenters. The Morgan fingerprint density at radius 1 is 1.83 bits per heavy atom. The molecule has 0 aromatic rings. The van der Waals surface area contributed by atoms with Gasteiger partial charge < -0.3 is 5.32 Å². The molecule has 12 heavy (non-hydrogen) atoms. The van der Waals surface area contributed by atoms with Crippen LogP contribution in [0.3, 0.4) is 0 Å². The molecule has 3 nitrogen and oxygen atoms in total. The van der Waals surface area contributed by atoms with E-state index in [1.165, 1.54) is 0 Å². The first-order valence-corrected chi connectivity index (χ1v) is 3.91. The average Bonchev–Trinajstić information content (AvgIpc) is 2.12. The summed E-state index contributed by atoms with van der Waals surface area (Å²) < 4.78 is 0. The second-order valence-corrected chi connectivity index (χ2v) is 2.80. The van der Waals surface area contributed by atoms with E-state index in [1.807, 2.05) is 13.0 Å². The van der Waals surface area contributed by atoms with Gasteiger partial charge in [0.2, 0.25) is 5.91 Å². The fourth-order valence-corrected chi connectivity index (χ4v) is 0.650. The Bertz CT molecular complexity index is 217. The molecule has 0 spiro atoms. The minimum absolute atomic E-state index is 0.229. The number of hydrogen-bond acceptors (Lipinski definition) is 2. The highest BCUT2D eigenvalue weighted by molar-refractivity contribution is 5.84. The number of nitrogens with one attached hydrogen (secondary N) is 1. The van der Waals surface area contributed by atoms with Gasteiger partial charge in [-0.2, -0.15) is 5.26 Å². The maximum atomic E-state index is 11.3. The first-order valence-electron chi connectivity index (χ1n) is 3.91. The number of carbonyl (C=O) groups excluding carboxylic acids is 1. The van der Waals surface area contributed by atoms with Crippen molar-refractivity contribution in [2.75, 3.05) is 6.54 Å². The Labute approximate surface area is 73.1 Å². The second-order valence-electron chi connectivity index (χ2n) is 2.80. The van der Waals surface area contributed by atoms with Gasteiger partial charge in [0, 0.05) is 6.54 Å². The monoisotopic (exact) mass is 166 g/mol. The molecule has 0 heterocycles. The molecule has 0 saturated carbocycles. The Hall–Kier alpha value is -1.30.